The van der Waals surface area contributed by atoms with Gasteiger partial charge >= 0.3 is 11.9 Å². The van der Waals surface area contributed by atoms with E-state index in [4.69, 9.17) is 9.47 Å². The first kappa shape index (κ1) is 36.3. The van der Waals surface area contributed by atoms with Gasteiger partial charge in [0.2, 0.25) is 0 Å². The summed E-state index contributed by atoms with van der Waals surface area (Å²) >= 11 is 0. The molecule has 0 amide bonds. The number of unbranched alkanes of at least 4 members (excludes halogenated alkanes) is 2. The first-order chi connectivity index (χ1) is 23.8. The summed E-state index contributed by atoms with van der Waals surface area (Å²) in [6.45, 7) is 21.2. The standard InChI is InChI=1S/C46H50O4/c1-9-41(47)49-27-13-11-12-14-31-15-19-33(20-16-31)43-37-25-23-35(45(3,4)5)28-39(37)44(40-29-36(46(6,7)8)24-26-38(40)43)34-21-17-32(18-22-34)30-50-42(48)10-2/h9-10,15-26,28-29H,1-2,11-14,27,30H2,3-8H3. The number of carbonyl (C=O) groups is 2. The molecule has 0 aliphatic carbocycles. The summed E-state index contributed by atoms with van der Waals surface area (Å²) in [7, 11) is 0. The molecule has 0 radical (unpaired) electrons. The lowest BCUT2D eigenvalue weighted by molar-refractivity contribution is -0.139. The first-order valence-corrected chi connectivity index (χ1v) is 17.6. The van der Waals surface area contributed by atoms with Crippen molar-refractivity contribution in [2.45, 2.75) is 84.7 Å². The minimum atomic E-state index is -0.428. The average molecular weight is 667 g/mol. The largest absolute Gasteiger partial charge is 0.463 e. The molecule has 4 heteroatoms. The normalized spacial score (nSPS) is 11.8. The Morgan fingerprint density at radius 3 is 1.50 bits per heavy atom. The third kappa shape index (κ3) is 8.42. The Hall–Kier alpha value is -4.96. The van der Waals surface area contributed by atoms with Gasteiger partial charge in [-0.1, -0.05) is 127 Å². The van der Waals surface area contributed by atoms with Gasteiger partial charge in [-0.3, -0.25) is 0 Å². The molecule has 258 valence electrons. The van der Waals surface area contributed by atoms with E-state index in [9.17, 15) is 9.59 Å². The minimum absolute atomic E-state index is 0.0261. The number of rotatable bonds is 12. The predicted octanol–water partition coefficient (Wildman–Crippen LogP) is 11.6. The zero-order valence-corrected chi connectivity index (χ0v) is 30.5. The van der Waals surface area contributed by atoms with Crippen molar-refractivity contribution in [3.63, 3.8) is 0 Å². The summed E-state index contributed by atoms with van der Waals surface area (Å²) in [5, 5.41) is 4.88. The number of esters is 2. The lowest BCUT2D eigenvalue weighted by Gasteiger charge is -2.25. The summed E-state index contributed by atoms with van der Waals surface area (Å²) in [4.78, 5) is 23.0. The van der Waals surface area contributed by atoms with Crippen molar-refractivity contribution in [1.82, 2.24) is 0 Å². The Labute approximate surface area is 297 Å². The van der Waals surface area contributed by atoms with Crippen LogP contribution in [0, 0.1) is 0 Å². The van der Waals surface area contributed by atoms with Crippen LogP contribution in [0.2, 0.25) is 0 Å². The van der Waals surface area contributed by atoms with E-state index in [2.05, 4.69) is 127 Å². The number of carbonyl (C=O) groups excluding carboxylic acids is 2. The summed E-state index contributed by atoms with van der Waals surface area (Å²) in [6, 6.07) is 31.4. The third-order valence-corrected chi connectivity index (χ3v) is 9.40. The minimum Gasteiger partial charge on any atom is -0.463 e. The molecule has 5 rings (SSSR count). The van der Waals surface area contributed by atoms with Gasteiger partial charge in [0.15, 0.2) is 0 Å². The van der Waals surface area contributed by atoms with Crippen LogP contribution in [-0.2, 0) is 42.9 Å². The zero-order valence-electron chi connectivity index (χ0n) is 30.5. The number of aryl methyl sites for hydroxylation is 1. The second-order valence-electron chi connectivity index (χ2n) is 15.2. The lowest BCUT2D eigenvalue weighted by atomic mass is 9.79. The Morgan fingerprint density at radius 1 is 0.560 bits per heavy atom. The highest BCUT2D eigenvalue weighted by Crippen LogP contribution is 2.46. The van der Waals surface area contributed by atoms with Crippen LogP contribution in [0.25, 0.3) is 43.8 Å². The highest BCUT2D eigenvalue weighted by Gasteiger charge is 2.22. The van der Waals surface area contributed by atoms with Crippen LogP contribution in [0.15, 0.2) is 110 Å². The molecule has 0 aliphatic rings. The van der Waals surface area contributed by atoms with Crippen LogP contribution in [0.3, 0.4) is 0 Å². The molecule has 0 heterocycles. The van der Waals surface area contributed by atoms with Crippen molar-refractivity contribution in [2.24, 2.45) is 0 Å². The Bertz CT molecular complexity index is 1940. The van der Waals surface area contributed by atoms with Crippen molar-refractivity contribution in [2.75, 3.05) is 6.61 Å². The van der Waals surface area contributed by atoms with Crippen LogP contribution in [0.4, 0.5) is 0 Å². The van der Waals surface area contributed by atoms with E-state index in [-0.39, 0.29) is 23.4 Å². The van der Waals surface area contributed by atoms with Gasteiger partial charge in [0.1, 0.15) is 6.61 Å². The number of ether oxygens (including phenoxy) is 2. The average Bonchev–Trinajstić information content (AvgIpc) is 3.10. The van der Waals surface area contributed by atoms with Crippen molar-refractivity contribution in [3.8, 4) is 22.3 Å². The summed E-state index contributed by atoms with van der Waals surface area (Å²) in [6.07, 6.45) is 6.25. The van der Waals surface area contributed by atoms with Crippen LogP contribution >= 0.6 is 0 Å². The molecular formula is C46H50O4. The smallest absolute Gasteiger partial charge is 0.330 e. The topological polar surface area (TPSA) is 52.6 Å². The molecule has 0 bridgehead atoms. The molecule has 0 spiro atoms. The molecule has 4 nitrogen and oxygen atoms in total. The highest BCUT2D eigenvalue weighted by molar-refractivity contribution is 6.21. The fourth-order valence-electron chi connectivity index (χ4n) is 6.44. The summed E-state index contributed by atoms with van der Waals surface area (Å²) in [5.41, 5.74) is 9.50. The molecule has 0 unspecified atom stereocenters. The third-order valence-electron chi connectivity index (χ3n) is 9.40. The second-order valence-corrected chi connectivity index (χ2v) is 15.2. The van der Waals surface area contributed by atoms with E-state index >= 15 is 0 Å². The maximum Gasteiger partial charge on any atom is 0.330 e. The SMILES string of the molecule is C=CC(=O)OCCCCCc1ccc(-c2c3ccc(C(C)(C)C)cc3c(-c3ccc(COC(=O)C=C)cc3)c3cc(C(C)(C)C)ccc23)cc1. The molecule has 5 aromatic carbocycles. The van der Waals surface area contributed by atoms with Gasteiger partial charge in [-0.15, -0.1) is 0 Å². The van der Waals surface area contributed by atoms with Gasteiger partial charge in [-0.25, -0.2) is 9.59 Å². The fraction of sp³-hybridized carbons (Fsp3) is 0.304. The van der Waals surface area contributed by atoms with E-state index in [0.29, 0.717) is 6.61 Å². The van der Waals surface area contributed by atoms with Gasteiger partial charge in [-0.05, 0) is 115 Å². The maximum atomic E-state index is 11.7. The number of hydrogen-bond donors (Lipinski definition) is 0. The van der Waals surface area contributed by atoms with Crippen molar-refractivity contribution in [1.29, 1.82) is 0 Å². The quantitative estimate of drug-likeness (QED) is 0.0575. The first-order valence-electron chi connectivity index (χ1n) is 17.6. The zero-order chi connectivity index (χ0) is 36.1. The van der Waals surface area contributed by atoms with Crippen molar-refractivity contribution >= 4 is 33.5 Å². The monoisotopic (exact) mass is 666 g/mol. The van der Waals surface area contributed by atoms with Gasteiger partial charge < -0.3 is 9.47 Å². The van der Waals surface area contributed by atoms with Crippen LogP contribution in [-0.4, -0.2) is 18.5 Å². The van der Waals surface area contributed by atoms with E-state index < -0.39 is 5.97 Å². The fourth-order valence-corrected chi connectivity index (χ4v) is 6.44. The van der Waals surface area contributed by atoms with E-state index in [1.54, 1.807) is 0 Å². The molecule has 0 saturated heterocycles. The van der Waals surface area contributed by atoms with E-state index in [1.165, 1.54) is 67.1 Å². The molecule has 0 saturated carbocycles. The van der Waals surface area contributed by atoms with Crippen LogP contribution in [0.5, 0.6) is 0 Å². The van der Waals surface area contributed by atoms with Crippen molar-refractivity contribution < 1.29 is 19.1 Å². The molecule has 5 aromatic rings. The Balaban J connectivity index is 1.63. The Morgan fingerprint density at radius 2 is 1.02 bits per heavy atom. The van der Waals surface area contributed by atoms with E-state index in [0.717, 1.165) is 36.8 Å². The van der Waals surface area contributed by atoms with Gasteiger partial charge in [0.05, 0.1) is 6.61 Å². The van der Waals surface area contributed by atoms with Crippen LogP contribution in [0.1, 0.15) is 83.1 Å². The molecule has 0 atom stereocenters. The Kier molecular flexibility index (Phi) is 11.1. The molecule has 0 fully saturated rings. The molecular weight excluding hydrogens is 617 g/mol. The highest BCUT2D eigenvalue weighted by atomic mass is 16.5. The number of benzene rings is 5. The van der Waals surface area contributed by atoms with E-state index in [1.807, 2.05) is 12.1 Å². The molecule has 0 N–H and O–H groups in total. The van der Waals surface area contributed by atoms with Crippen molar-refractivity contribution in [3.05, 3.63) is 132 Å². The summed E-state index contributed by atoms with van der Waals surface area (Å²) < 4.78 is 10.4. The number of hydrogen-bond acceptors (Lipinski definition) is 4. The second kappa shape index (κ2) is 15.3. The van der Waals surface area contributed by atoms with Crippen LogP contribution < -0.4 is 0 Å². The predicted molar refractivity (Wildman–Crippen MR) is 208 cm³/mol. The molecule has 0 aliphatic heterocycles. The molecule has 50 heavy (non-hydrogen) atoms. The van der Waals surface area contributed by atoms with Gasteiger partial charge in [0, 0.05) is 12.2 Å². The van der Waals surface area contributed by atoms with Gasteiger partial charge in [-0.2, -0.15) is 0 Å². The van der Waals surface area contributed by atoms with Gasteiger partial charge in [0.25, 0.3) is 0 Å². The lowest BCUT2D eigenvalue weighted by Crippen LogP contribution is -2.11. The number of fused-ring (bicyclic) bond motifs is 2. The summed E-state index contributed by atoms with van der Waals surface area (Å²) in [5.74, 6) is -0.789. The molecule has 0 aromatic heterocycles. The maximum absolute atomic E-state index is 11.7.